The molecule has 0 bridgehead atoms. The highest BCUT2D eigenvalue weighted by Crippen LogP contribution is 2.35. The van der Waals surface area contributed by atoms with E-state index in [0.29, 0.717) is 6.04 Å². The molecule has 2 rings (SSSR count). The van der Waals surface area contributed by atoms with Gasteiger partial charge in [0.2, 0.25) is 0 Å². The fraction of sp³-hybridized carbons (Fsp3) is 0.571. The Morgan fingerprint density at radius 3 is 2.81 bits per heavy atom. The Bertz CT molecular complexity index is 356. The molecule has 0 amide bonds. The van der Waals surface area contributed by atoms with E-state index in [4.69, 9.17) is 5.73 Å². The lowest BCUT2D eigenvalue weighted by Gasteiger charge is -2.20. The molecule has 1 fully saturated rings. The number of nitrogen functional groups attached to an aromatic ring is 1. The van der Waals surface area contributed by atoms with Gasteiger partial charge in [-0.2, -0.15) is 0 Å². The van der Waals surface area contributed by atoms with E-state index >= 15 is 0 Å². The molecule has 88 valence electrons. The highest BCUT2D eigenvalue weighted by atomic mass is 14.9. The highest BCUT2D eigenvalue weighted by molar-refractivity contribution is 5.69. The molecule has 0 heterocycles. The number of para-hydroxylation sites is 1. The number of hydrogen-bond donors (Lipinski definition) is 2. The summed E-state index contributed by atoms with van der Waals surface area (Å²) in [6.07, 6.45) is 5.30. The second-order valence-electron chi connectivity index (χ2n) is 4.96. The molecule has 0 aliphatic heterocycles. The predicted molar refractivity (Wildman–Crippen MR) is 70.6 cm³/mol. The van der Waals surface area contributed by atoms with E-state index < -0.39 is 0 Å². The summed E-state index contributed by atoms with van der Waals surface area (Å²) in [5, 5.41) is 3.58. The van der Waals surface area contributed by atoms with Crippen molar-refractivity contribution in [3.8, 4) is 0 Å². The summed E-state index contributed by atoms with van der Waals surface area (Å²) in [6.45, 7) is 4.30. The van der Waals surface area contributed by atoms with Crippen LogP contribution in [0.1, 0.15) is 38.2 Å². The van der Waals surface area contributed by atoms with Crippen molar-refractivity contribution in [1.82, 2.24) is 0 Å². The van der Waals surface area contributed by atoms with Crippen LogP contribution in [0.5, 0.6) is 0 Å². The third-order valence-corrected chi connectivity index (χ3v) is 3.49. The first-order valence-corrected chi connectivity index (χ1v) is 6.32. The molecule has 0 aromatic heterocycles. The number of nitrogens with two attached hydrogens (primary N) is 1. The second kappa shape index (κ2) is 4.77. The first-order chi connectivity index (χ1) is 7.70. The number of aryl methyl sites for hydroxylation is 1. The summed E-state index contributed by atoms with van der Waals surface area (Å²) in [4.78, 5) is 0. The minimum absolute atomic E-state index is 0.580. The van der Waals surface area contributed by atoms with Gasteiger partial charge in [-0.25, -0.2) is 0 Å². The molecule has 3 N–H and O–H groups in total. The zero-order valence-electron chi connectivity index (χ0n) is 10.3. The SMILES string of the molecule is CCC(CC1CC1)Nc1cccc(C)c1N. The lowest BCUT2D eigenvalue weighted by atomic mass is 10.1. The van der Waals surface area contributed by atoms with E-state index in [1.807, 2.05) is 0 Å². The molecule has 1 aliphatic carbocycles. The first-order valence-electron chi connectivity index (χ1n) is 6.32. The van der Waals surface area contributed by atoms with Gasteiger partial charge in [-0.3, -0.25) is 0 Å². The van der Waals surface area contributed by atoms with Gasteiger partial charge in [0.15, 0.2) is 0 Å². The second-order valence-corrected chi connectivity index (χ2v) is 4.96. The maximum Gasteiger partial charge on any atom is 0.0579 e. The Labute approximate surface area is 98.2 Å². The highest BCUT2D eigenvalue weighted by Gasteiger charge is 2.24. The summed E-state index contributed by atoms with van der Waals surface area (Å²) in [5.74, 6) is 0.962. The van der Waals surface area contributed by atoms with Crippen molar-refractivity contribution in [1.29, 1.82) is 0 Å². The Kier molecular flexibility index (Phi) is 3.37. The van der Waals surface area contributed by atoms with Crippen LogP contribution in [0.15, 0.2) is 18.2 Å². The molecule has 2 heteroatoms. The van der Waals surface area contributed by atoms with E-state index in [-0.39, 0.29) is 0 Å². The zero-order chi connectivity index (χ0) is 11.5. The Morgan fingerprint density at radius 1 is 1.44 bits per heavy atom. The number of benzene rings is 1. The van der Waals surface area contributed by atoms with Crippen LogP contribution < -0.4 is 11.1 Å². The molecule has 1 unspecified atom stereocenters. The predicted octanol–water partition coefficient (Wildman–Crippen LogP) is 3.57. The molecule has 1 aromatic rings. The molecule has 0 spiro atoms. The minimum atomic E-state index is 0.580. The van der Waals surface area contributed by atoms with E-state index in [1.54, 1.807) is 0 Å². The summed E-state index contributed by atoms with van der Waals surface area (Å²) in [7, 11) is 0. The van der Waals surface area contributed by atoms with Crippen LogP contribution in [0.4, 0.5) is 11.4 Å². The first kappa shape index (κ1) is 11.3. The van der Waals surface area contributed by atoms with Crippen molar-refractivity contribution >= 4 is 11.4 Å². The minimum Gasteiger partial charge on any atom is -0.397 e. The van der Waals surface area contributed by atoms with E-state index in [0.717, 1.165) is 22.9 Å². The van der Waals surface area contributed by atoms with Crippen molar-refractivity contribution in [3.63, 3.8) is 0 Å². The van der Waals surface area contributed by atoms with Crippen LogP contribution in [0.2, 0.25) is 0 Å². The molecule has 1 atom stereocenters. The Hall–Kier alpha value is -1.18. The molecule has 1 saturated carbocycles. The molecule has 16 heavy (non-hydrogen) atoms. The van der Waals surface area contributed by atoms with E-state index in [9.17, 15) is 0 Å². The normalized spacial score (nSPS) is 17.1. The third-order valence-electron chi connectivity index (χ3n) is 3.49. The van der Waals surface area contributed by atoms with Crippen LogP contribution in [-0.4, -0.2) is 6.04 Å². The summed E-state index contributed by atoms with van der Waals surface area (Å²) < 4.78 is 0. The quantitative estimate of drug-likeness (QED) is 0.741. The van der Waals surface area contributed by atoms with Gasteiger partial charge in [0.05, 0.1) is 11.4 Å². The average molecular weight is 218 g/mol. The molecule has 1 aliphatic rings. The summed E-state index contributed by atoms with van der Waals surface area (Å²) in [6, 6.07) is 6.79. The van der Waals surface area contributed by atoms with Crippen LogP contribution in [0.3, 0.4) is 0 Å². The zero-order valence-corrected chi connectivity index (χ0v) is 10.3. The third kappa shape index (κ3) is 2.69. The van der Waals surface area contributed by atoms with Crippen molar-refractivity contribution in [2.75, 3.05) is 11.1 Å². The maximum atomic E-state index is 6.07. The topological polar surface area (TPSA) is 38.0 Å². The fourth-order valence-electron chi connectivity index (χ4n) is 2.11. The van der Waals surface area contributed by atoms with Gasteiger partial charge in [-0.05, 0) is 37.3 Å². The van der Waals surface area contributed by atoms with Crippen LogP contribution in [-0.2, 0) is 0 Å². The van der Waals surface area contributed by atoms with Crippen molar-refractivity contribution < 1.29 is 0 Å². The largest absolute Gasteiger partial charge is 0.397 e. The van der Waals surface area contributed by atoms with Gasteiger partial charge >= 0.3 is 0 Å². The number of rotatable bonds is 5. The van der Waals surface area contributed by atoms with Gasteiger partial charge in [0, 0.05) is 6.04 Å². The summed E-state index contributed by atoms with van der Waals surface area (Å²) >= 11 is 0. The van der Waals surface area contributed by atoms with Crippen molar-refractivity contribution in [2.45, 2.75) is 45.6 Å². The number of hydrogen-bond acceptors (Lipinski definition) is 2. The van der Waals surface area contributed by atoms with Gasteiger partial charge in [0.1, 0.15) is 0 Å². The summed E-state index contributed by atoms with van der Waals surface area (Å²) in [5.41, 5.74) is 9.23. The Morgan fingerprint density at radius 2 is 2.19 bits per heavy atom. The number of nitrogens with one attached hydrogen (secondary N) is 1. The van der Waals surface area contributed by atoms with Gasteiger partial charge in [-0.15, -0.1) is 0 Å². The fourth-order valence-corrected chi connectivity index (χ4v) is 2.11. The lowest BCUT2D eigenvalue weighted by Crippen LogP contribution is -2.20. The van der Waals surface area contributed by atoms with E-state index in [2.05, 4.69) is 37.4 Å². The molecule has 0 radical (unpaired) electrons. The van der Waals surface area contributed by atoms with Gasteiger partial charge < -0.3 is 11.1 Å². The molecule has 2 nitrogen and oxygen atoms in total. The average Bonchev–Trinajstić information content (AvgIpc) is 3.07. The standard InChI is InChI=1S/C14H22N2/c1-3-12(9-11-7-8-11)16-13-6-4-5-10(2)14(13)15/h4-6,11-12,16H,3,7-9,15H2,1-2H3. The molecular formula is C14H22N2. The van der Waals surface area contributed by atoms with E-state index in [1.165, 1.54) is 25.7 Å². The number of anilines is 2. The smallest absolute Gasteiger partial charge is 0.0579 e. The Balaban J connectivity index is 2.02. The molecular weight excluding hydrogens is 196 g/mol. The van der Waals surface area contributed by atoms with Crippen LogP contribution in [0, 0.1) is 12.8 Å². The van der Waals surface area contributed by atoms with Crippen LogP contribution in [0.25, 0.3) is 0 Å². The molecule has 1 aromatic carbocycles. The maximum absolute atomic E-state index is 6.07. The van der Waals surface area contributed by atoms with Gasteiger partial charge in [-0.1, -0.05) is 31.9 Å². The monoisotopic (exact) mass is 218 g/mol. The van der Waals surface area contributed by atoms with Crippen molar-refractivity contribution in [2.24, 2.45) is 5.92 Å². The lowest BCUT2D eigenvalue weighted by molar-refractivity contribution is 0.587. The molecule has 0 saturated heterocycles. The van der Waals surface area contributed by atoms with Gasteiger partial charge in [0.25, 0.3) is 0 Å². The van der Waals surface area contributed by atoms with Crippen LogP contribution >= 0.6 is 0 Å². The van der Waals surface area contributed by atoms with Crippen molar-refractivity contribution in [3.05, 3.63) is 23.8 Å².